The molecule has 0 saturated carbocycles. The molecule has 0 heterocycles. The van der Waals surface area contributed by atoms with Crippen LogP contribution in [0.4, 0.5) is 11.4 Å². The van der Waals surface area contributed by atoms with Gasteiger partial charge in [-0.05, 0) is 26.3 Å². The average molecular weight is 282 g/mol. The summed E-state index contributed by atoms with van der Waals surface area (Å²) in [7, 11) is 0. The highest BCUT2D eigenvalue weighted by molar-refractivity contribution is 5.90. The first-order valence-corrected chi connectivity index (χ1v) is 6.31. The number of benzene rings is 1. The summed E-state index contributed by atoms with van der Waals surface area (Å²) in [4.78, 5) is 21.3. The van der Waals surface area contributed by atoms with E-state index in [1.165, 1.54) is 6.07 Å². The number of nitrogens with zero attached hydrogens (tertiary/aromatic N) is 1. The normalized spacial score (nSPS) is 10.3. The molecule has 7 nitrogen and oxygen atoms in total. The van der Waals surface area contributed by atoms with Crippen molar-refractivity contribution in [3.63, 3.8) is 0 Å². The van der Waals surface area contributed by atoms with Gasteiger partial charge in [-0.3, -0.25) is 10.1 Å². The quantitative estimate of drug-likeness (QED) is 0.431. The minimum Gasteiger partial charge on any atom is -0.478 e. The van der Waals surface area contributed by atoms with Gasteiger partial charge in [0.1, 0.15) is 0 Å². The second kappa shape index (κ2) is 7.44. The van der Waals surface area contributed by atoms with Crippen LogP contribution in [0.3, 0.4) is 0 Å². The second-order valence-electron chi connectivity index (χ2n) is 4.21. The molecule has 110 valence electrons. The van der Waals surface area contributed by atoms with Gasteiger partial charge in [0.15, 0.2) is 0 Å². The van der Waals surface area contributed by atoms with E-state index in [1.807, 2.05) is 6.92 Å². The molecule has 1 aromatic rings. The van der Waals surface area contributed by atoms with Gasteiger partial charge in [0.2, 0.25) is 0 Å². The van der Waals surface area contributed by atoms with Crippen molar-refractivity contribution in [2.45, 2.75) is 20.3 Å². The molecule has 20 heavy (non-hydrogen) atoms. The smallest absolute Gasteiger partial charge is 0.336 e. The number of carbonyl (C=O) groups is 1. The average Bonchev–Trinajstić information content (AvgIpc) is 2.39. The minimum absolute atomic E-state index is 0.102. The molecule has 2 N–H and O–H groups in total. The molecule has 0 unspecified atom stereocenters. The third kappa shape index (κ3) is 4.20. The summed E-state index contributed by atoms with van der Waals surface area (Å²) < 4.78 is 5.18. The van der Waals surface area contributed by atoms with E-state index in [4.69, 9.17) is 9.84 Å². The number of aromatic carboxylic acids is 1. The molecule has 0 amide bonds. The lowest BCUT2D eigenvalue weighted by atomic mass is 10.1. The topological polar surface area (TPSA) is 102 Å². The third-order valence-electron chi connectivity index (χ3n) is 2.81. The first-order chi connectivity index (χ1) is 9.47. The molecule has 0 fully saturated rings. The first kappa shape index (κ1) is 15.9. The number of hydrogen-bond donors (Lipinski definition) is 2. The summed E-state index contributed by atoms with van der Waals surface area (Å²) in [6.45, 7) is 5.27. The van der Waals surface area contributed by atoms with Gasteiger partial charge in [0, 0.05) is 37.1 Å². The van der Waals surface area contributed by atoms with Crippen LogP contribution >= 0.6 is 0 Å². The number of nitro benzene ring substituents is 1. The summed E-state index contributed by atoms with van der Waals surface area (Å²) in [5.74, 6) is -1.19. The molecule has 0 atom stereocenters. The van der Waals surface area contributed by atoms with Crippen molar-refractivity contribution in [1.29, 1.82) is 0 Å². The van der Waals surface area contributed by atoms with E-state index in [0.29, 0.717) is 31.0 Å². The number of rotatable bonds is 8. The fourth-order valence-corrected chi connectivity index (χ4v) is 1.74. The number of anilines is 1. The molecule has 0 bridgehead atoms. The van der Waals surface area contributed by atoms with E-state index in [2.05, 4.69) is 5.32 Å². The zero-order valence-corrected chi connectivity index (χ0v) is 11.5. The van der Waals surface area contributed by atoms with Crippen molar-refractivity contribution in [3.05, 3.63) is 33.4 Å². The SMILES string of the molecule is CCOCCCNc1cc(C(=O)O)cc([N+](=O)[O-])c1C. The third-order valence-corrected chi connectivity index (χ3v) is 2.81. The van der Waals surface area contributed by atoms with Crippen LogP contribution in [-0.4, -0.2) is 35.8 Å². The Morgan fingerprint density at radius 2 is 2.20 bits per heavy atom. The van der Waals surface area contributed by atoms with Crippen LogP contribution in [-0.2, 0) is 4.74 Å². The van der Waals surface area contributed by atoms with Crippen molar-refractivity contribution >= 4 is 17.3 Å². The lowest BCUT2D eigenvalue weighted by molar-refractivity contribution is -0.385. The van der Waals surface area contributed by atoms with Crippen LogP contribution in [0, 0.1) is 17.0 Å². The van der Waals surface area contributed by atoms with E-state index in [0.717, 1.165) is 12.5 Å². The Kier molecular flexibility index (Phi) is 5.92. The monoisotopic (exact) mass is 282 g/mol. The van der Waals surface area contributed by atoms with Gasteiger partial charge in [-0.25, -0.2) is 4.79 Å². The van der Waals surface area contributed by atoms with E-state index in [-0.39, 0.29) is 11.3 Å². The number of hydrogen-bond acceptors (Lipinski definition) is 5. The Hall–Kier alpha value is -2.15. The van der Waals surface area contributed by atoms with Crippen molar-refractivity contribution in [2.75, 3.05) is 25.1 Å². The van der Waals surface area contributed by atoms with Crippen molar-refractivity contribution in [3.8, 4) is 0 Å². The van der Waals surface area contributed by atoms with Crippen LogP contribution in [0.15, 0.2) is 12.1 Å². The van der Waals surface area contributed by atoms with Crippen LogP contribution < -0.4 is 5.32 Å². The summed E-state index contributed by atoms with van der Waals surface area (Å²) in [6.07, 6.45) is 0.735. The maximum atomic E-state index is 11.0. The lowest BCUT2D eigenvalue weighted by Crippen LogP contribution is -2.09. The predicted molar refractivity (Wildman–Crippen MR) is 74.4 cm³/mol. The number of ether oxygens (including phenoxy) is 1. The highest BCUT2D eigenvalue weighted by Crippen LogP contribution is 2.27. The van der Waals surface area contributed by atoms with Crippen LogP contribution in [0.5, 0.6) is 0 Å². The number of carboxylic acid groups (broad SMARTS) is 1. The Balaban J connectivity index is 2.88. The van der Waals surface area contributed by atoms with Crippen LogP contribution in [0.1, 0.15) is 29.3 Å². The molecule has 0 spiro atoms. The molecular formula is C13H18N2O5. The first-order valence-electron chi connectivity index (χ1n) is 6.31. The maximum absolute atomic E-state index is 11.0. The van der Waals surface area contributed by atoms with E-state index >= 15 is 0 Å². The molecule has 0 aliphatic rings. The molecule has 0 aliphatic carbocycles. The zero-order valence-electron chi connectivity index (χ0n) is 11.5. The van der Waals surface area contributed by atoms with Crippen molar-refractivity contribution in [1.82, 2.24) is 0 Å². The summed E-state index contributed by atoms with van der Waals surface area (Å²) in [5, 5.41) is 22.9. The van der Waals surface area contributed by atoms with Gasteiger partial charge in [-0.2, -0.15) is 0 Å². The molecule has 0 aromatic heterocycles. The predicted octanol–water partition coefficient (Wildman–Crippen LogP) is 2.44. The zero-order chi connectivity index (χ0) is 15.1. The molecule has 7 heteroatoms. The summed E-state index contributed by atoms with van der Waals surface area (Å²) in [5.41, 5.74) is 0.594. The van der Waals surface area contributed by atoms with E-state index in [9.17, 15) is 14.9 Å². The summed E-state index contributed by atoms with van der Waals surface area (Å²) >= 11 is 0. The van der Waals surface area contributed by atoms with Crippen molar-refractivity contribution in [2.24, 2.45) is 0 Å². The Bertz CT molecular complexity index is 502. The molecule has 0 radical (unpaired) electrons. The Labute approximate surface area is 116 Å². The maximum Gasteiger partial charge on any atom is 0.336 e. The standard InChI is InChI=1S/C13H18N2O5/c1-3-20-6-4-5-14-11-7-10(13(16)17)8-12(9(11)2)15(18)19/h7-8,14H,3-6H2,1-2H3,(H,16,17). The van der Waals surface area contributed by atoms with Gasteiger partial charge >= 0.3 is 5.97 Å². The highest BCUT2D eigenvalue weighted by Gasteiger charge is 2.18. The van der Waals surface area contributed by atoms with Gasteiger partial charge in [0.05, 0.1) is 10.5 Å². The Morgan fingerprint density at radius 3 is 2.75 bits per heavy atom. The number of nitrogens with one attached hydrogen (secondary N) is 1. The number of nitro groups is 1. The fraction of sp³-hybridized carbons (Fsp3) is 0.462. The highest BCUT2D eigenvalue weighted by atomic mass is 16.6. The molecule has 1 rings (SSSR count). The van der Waals surface area contributed by atoms with E-state index < -0.39 is 10.9 Å². The second-order valence-corrected chi connectivity index (χ2v) is 4.21. The largest absolute Gasteiger partial charge is 0.478 e. The fourth-order valence-electron chi connectivity index (χ4n) is 1.74. The lowest BCUT2D eigenvalue weighted by Gasteiger charge is -2.11. The van der Waals surface area contributed by atoms with E-state index in [1.54, 1.807) is 6.92 Å². The Morgan fingerprint density at radius 1 is 1.50 bits per heavy atom. The number of carboxylic acids is 1. The molecule has 1 aromatic carbocycles. The van der Waals surface area contributed by atoms with Gasteiger partial charge in [-0.1, -0.05) is 0 Å². The molecule has 0 aliphatic heterocycles. The molecule has 0 saturated heterocycles. The van der Waals surface area contributed by atoms with Crippen LogP contribution in [0.2, 0.25) is 0 Å². The minimum atomic E-state index is -1.19. The van der Waals surface area contributed by atoms with Crippen molar-refractivity contribution < 1.29 is 19.6 Å². The van der Waals surface area contributed by atoms with Crippen LogP contribution in [0.25, 0.3) is 0 Å². The van der Waals surface area contributed by atoms with Gasteiger partial charge < -0.3 is 15.2 Å². The van der Waals surface area contributed by atoms with Gasteiger partial charge in [0.25, 0.3) is 5.69 Å². The molecular weight excluding hydrogens is 264 g/mol. The van der Waals surface area contributed by atoms with Gasteiger partial charge in [-0.15, -0.1) is 0 Å². The summed E-state index contributed by atoms with van der Waals surface area (Å²) in [6, 6.07) is 2.48.